The summed E-state index contributed by atoms with van der Waals surface area (Å²) in [6.45, 7) is 8.85. The van der Waals surface area contributed by atoms with E-state index in [0.29, 0.717) is 5.92 Å². The number of hydrogen-bond acceptors (Lipinski definition) is 2. The molecule has 0 unspecified atom stereocenters. The molecule has 0 aliphatic heterocycles. The summed E-state index contributed by atoms with van der Waals surface area (Å²) in [5.74, 6) is 0.689. The quantitative estimate of drug-likeness (QED) is 0.691. The van der Waals surface area contributed by atoms with Gasteiger partial charge in [-0.2, -0.15) is 0 Å². The molecule has 0 bridgehead atoms. The van der Waals surface area contributed by atoms with Crippen LogP contribution in [0, 0.1) is 5.92 Å². The number of aromatic nitrogens is 2. The van der Waals surface area contributed by atoms with Crippen LogP contribution >= 0.6 is 0 Å². The van der Waals surface area contributed by atoms with Crippen molar-refractivity contribution in [1.82, 2.24) is 9.66 Å². The van der Waals surface area contributed by atoms with Gasteiger partial charge in [-0.25, -0.2) is 4.98 Å². The van der Waals surface area contributed by atoms with E-state index in [-0.39, 0.29) is 0 Å². The summed E-state index contributed by atoms with van der Waals surface area (Å²) in [5, 5.41) is 2.32. The molecule has 0 atom stereocenters. The highest BCUT2D eigenvalue weighted by Crippen LogP contribution is 1.99. The summed E-state index contributed by atoms with van der Waals surface area (Å²) in [7, 11) is 0. The molecular weight excluding hydrogens is 162 g/mol. The van der Waals surface area contributed by atoms with Gasteiger partial charge >= 0.3 is 0 Å². The van der Waals surface area contributed by atoms with Crippen LogP contribution in [0.3, 0.4) is 0 Å². The zero-order valence-corrected chi connectivity index (χ0v) is 8.77. The minimum Gasteiger partial charge on any atom is -0.312 e. The molecule has 1 rings (SSSR count). The summed E-state index contributed by atoms with van der Waals surface area (Å²) >= 11 is 0. The third-order valence-electron chi connectivity index (χ3n) is 1.87. The normalized spacial score (nSPS) is 10.8. The van der Waals surface area contributed by atoms with Crippen molar-refractivity contribution >= 4 is 0 Å². The van der Waals surface area contributed by atoms with Crippen LogP contribution in [-0.2, 0) is 0 Å². The van der Waals surface area contributed by atoms with Crippen molar-refractivity contribution < 1.29 is 0 Å². The molecule has 0 aliphatic carbocycles. The largest absolute Gasteiger partial charge is 0.312 e. The summed E-state index contributed by atoms with van der Waals surface area (Å²) < 4.78 is 2.07. The van der Waals surface area contributed by atoms with Crippen molar-refractivity contribution in [2.45, 2.75) is 27.2 Å². The van der Waals surface area contributed by atoms with Gasteiger partial charge in [0, 0.05) is 25.5 Å². The highest BCUT2D eigenvalue weighted by Gasteiger charge is 2.05. The van der Waals surface area contributed by atoms with Crippen LogP contribution < -0.4 is 5.01 Å². The fourth-order valence-corrected chi connectivity index (χ4v) is 1.40. The Morgan fingerprint density at radius 2 is 2.23 bits per heavy atom. The second kappa shape index (κ2) is 4.90. The highest BCUT2D eigenvalue weighted by atomic mass is 15.5. The fourth-order valence-electron chi connectivity index (χ4n) is 1.40. The Kier molecular flexibility index (Phi) is 3.80. The van der Waals surface area contributed by atoms with Gasteiger partial charge in [0.1, 0.15) is 6.33 Å². The standard InChI is InChI=1S/C10H19N3/c1-4-6-12(8-10(2)3)13-7-5-11-9-13/h5,7,9-10H,4,6,8H2,1-3H3. The van der Waals surface area contributed by atoms with Crippen LogP contribution in [0.2, 0.25) is 0 Å². The van der Waals surface area contributed by atoms with Gasteiger partial charge in [0.15, 0.2) is 0 Å². The smallest absolute Gasteiger partial charge is 0.114 e. The summed E-state index contributed by atoms with van der Waals surface area (Å²) in [6.07, 6.45) is 6.85. The predicted octanol–water partition coefficient (Wildman–Crippen LogP) is 1.89. The Morgan fingerprint density at radius 1 is 1.46 bits per heavy atom. The zero-order valence-electron chi connectivity index (χ0n) is 8.77. The maximum absolute atomic E-state index is 4.05. The fraction of sp³-hybridized carbons (Fsp3) is 0.700. The molecule has 1 heterocycles. The van der Waals surface area contributed by atoms with E-state index in [4.69, 9.17) is 0 Å². The van der Waals surface area contributed by atoms with E-state index in [9.17, 15) is 0 Å². The predicted molar refractivity (Wildman–Crippen MR) is 55.3 cm³/mol. The first-order valence-electron chi connectivity index (χ1n) is 4.97. The minimum atomic E-state index is 0.689. The SMILES string of the molecule is CCCN(CC(C)C)n1ccnc1. The highest BCUT2D eigenvalue weighted by molar-refractivity contribution is 4.89. The van der Waals surface area contributed by atoms with Gasteiger partial charge in [0.25, 0.3) is 0 Å². The van der Waals surface area contributed by atoms with Crippen molar-refractivity contribution in [1.29, 1.82) is 0 Å². The number of hydrogen-bond donors (Lipinski definition) is 0. The molecule has 13 heavy (non-hydrogen) atoms. The Morgan fingerprint density at radius 3 is 2.69 bits per heavy atom. The first-order chi connectivity index (χ1) is 6.24. The Labute approximate surface area is 80.4 Å². The lowest BCUT2D eigenvalue weighted by Gasteiger charge is -2.26. The van der Waals surface area contributed by atoms with Gasteiger partial charge in [-0.1, -0.05) is 20.8 Å². The van der Waals surface area contributed by atoms with Crippen LogP contribution in [0.5, 0.6) is 0 Å². The monoisotopic (exact) mass is 181 g/mol. The average molecular weight is 181 g/mol. The number of imidazole rings is 1. The summed E-state index contributed by atoms with van der Waals surface area (Å²) in [5.41, 5.74) is 0. The maximum Gasteiger partial charge on any atom is 0.114 e. The van der Waals surface area contributed by atoms with Crippen molar-refractivity contribution in [3.63, 3.8) is 0 Å². The number of nitrogens with zero attached hydrogens (tertiary/aromatic N) is 3. The van der Waals surface area contributed by atoms with Crippen molar-refractivity contribution in [3.05, 3.63) is 18.7 Å². The second-order valence-electron chi connectivity index (χ2n) is 3.75. The van der Waals surface area contributed by atoms with E-state index in [1.807, 2.05) is 18.7 Å². The molecule has 3 nitrogen and oxygen atoms in total. The van der Waals surface area contributed by atoms with Crippen LogP contribution in [0.4, 0.5) is 0 Å². The zero-order chi connectivity index (χ0) is 9.68. The van der Waals surface area contributed by atoms with Gasteiger partial charge in [-0.3, -0.25) is 4.68 Å². The molecule has 1 aromatic rings. The van der Waals surface area contributed by atoms with E-state index >= 15 is 0 Å². The molecule has 0 N–H and O–H groups in total. The molecule has 0 aliphatic rings. The molecule has 0 radical (unpaired) electrons. The van der Waals surface area contributed by atoms with E-state index in [0.717, 1.165) is 13.1 Å². The second-order valence-corrected chi connectivity index (χ2v) is 3.75. The van der Waals surface area contributed by atoms with Gasteiger partial charge < -0.3 is 5.01 Å². The van der Waals surface area contributed by atoms with Gasteiger partial charge in [-0.15, -0.1) is 0 Å². The molecule has 0 saturated carbocycles. The maximum atomic E-state index is 4.05. The van der Waals surface area contributed by atoms with Crippen LogP contribution in [0.15, 0.2) is 18.7 Å². The third-order valence-corrected chi connectivity index (χ3v) is 1.87. The summed E-state index contributed by atoms with van der Waals surface area (Å²) in [4.78, 5) is 4.05. The van der Waals surface area contributed by atoms with Crippen LogP contribution in [-0.4, -0.2) is 22.7 Å². The average Bonchev–Trinajstić information content (AvgIpc) is 2.54. The molecular formula is C10H19N3. The van der Waals surface area contributed by atoms with Crippen molar-refractivity contribution in [3.8, 4) is 0 Å². The molecule has 1 aromatic heterocycles. The van der Waals surface area contributed by atoms with E-state index in [1.165, 1.54) is 6.42 Å². The Hall–Kier alpha value is -0.990. The molecule has 0 spiro atoms. The molecule has 3 heteroatoms. The van der Waals surface area contributed by atoms with Gasteiger partial charge in [0.2, 0.25) is 0 Å². The topological polar surface area (TPSA) is 21.1 Å². The Balaban J connectivity index is 2.57. The van der Waals surface area contributed by atoms with Crippen molar-refractivity contribution in [2.75, 3.05) is 18.1 Å². The minimum absolute atomic E-state index is 0.689. The molecule has 74 valence electrons. The van der Waals surface area contributed by atoms with Gasteiger partial charge in [0.05, 0.1) is 0 Å². The third kappa shape index (κ3) is 3.09. The van der Waals surface area contributed by atoms with E-state index < -0.39 is 0 Å². The lowest BCUT2D eigenvalue weighted by atomic mass is 10.2. The van der Waals surface area contributed by atoms with Crippen molar-refractivity contribution in [2.24, 2.45) is 5.92 Å². The lowest BCUT2D eigenvalue weighted by molar-refractivity contribution is 0.502. The van der Waals surface area contributed by atoms with E-state index in [1.54, 1.807) is 0 Å². The molecule has 0 saturated heterocycles. The lowest BCUT2D eigenvalue weighted by Crippen LogP contribution is -2.37. The first kappa shape index (κ1) is 10.1. The summed E-state index contributed by atoms with van der Waals surface area (Å²) in [6, 6.07) is 0. The van der Waals surface area contributed by atoms with Gasteiger partial charge in [-0.05, 0) is 12.3 Å². The Bertz CT molecular complexity index is 216. The van der Waals surface area contributed by atoms with Crippen LogP contribution in [0.25, 0.3) is 0 Å². The molecule has 0 aromatic carbocycles. The van der Waals surface area contributed by atoms with E-state index in [2.05, 4.69) is 35.4 Å². The molecule has 0 amide bonds. The molecule has 0 fully saturated rings. The van der Waals surface area contributed by atoms with Crippen LogP contribution in [0.1, 0.15) is 27.2 Å². The first-order valence-corrected chi connectivity index (χ1v) is 4.97. The number of rotatable bonds is 5.